The highest BCUT2D eigenvalue weighted by Crippen LogP contribution is 2.28. The van der Waals surface area contributed by atoms with Crippen LogP contribution >= 0.6 is 11.6 Å². The lowest BCUT2D eigenvalue weighted by molar-refractivity contribution is -0.139. The summed E-state index contributed by atoms with van der Waals surface area (Å²) in [6.07, 6.45) is -1.98. The van der Waals surface area contributed by atoms with Gasteiger partial charge in [0.1, 0.15) is 6.54 Å². The second kappa shape index (κ2) is 4.26. The number of aromatic nitrogens is 1. The standard InChI is InChI=1S/C12H11ClF3N/c1-2-8-6-17(7-12(14,15)16)11-5-9(13)3-4-10(8)11/h3-6H,2,7H2,1H3. The fourth-order valence-corrected chi connectivity index (χ4v) is 2.11. The highest BCUT2D eigenvalue weighted by atomic mass is 35.5. The Bertz CT molecular complexity index is 542. The van der Waals surface area contributed by atoms with E-state index in [1.54, 1.807) is 24.4 Å². The number of hydrogen-bond acceptors (Lipinski definition) is 0. The molecule has 92 valence electrons. The van der Waals surface area contributed by atoms with Gasteiger partial charge in [-0.25, -0.2) is 0 Å². The van der Waals surface area contributed by atoms with Crippen molar-refractivity contribution in [2.24, 2.45) is 0 Å². The minimum atomic E-state index is -4.22. The Hall–Kier alpha value is -1.16. The third kappa shape index (κ3) is 2.57. The Balaban J connectivity index is 2.58. The summed E-state index contributed by atoms with van der Waals surface area (Å²) in [4.78, 5) is 0. The first-order chi connectivity index (χ1) is 7.90. The van der Waals surface area contributed by atoms with Gasteiger partial charge in [0, 0.05) is 16.6 Å². The molecule has 2 aromatic rings. The van der Waals surface area contributed by atoms with Crippen LogP contribution in [-0.2, 0) is 13.0 Å². The average Bonchev–Trinajstić information content (AvgIpc) is 2.54. The second-order valence-electron chi connectivity index (χ2n) is 3.91. The number of aryl methyl sites for hydroxylation is 1. The van der Waals surface area contributed by atoms with Crippen molar-refractivity contribution in [3.8, 4) is 0 Å². The van der Waals surface area contributed by atoms with Gasteiger partial charge >= 0.3 is 6.18 Å². The molecule has 0 spiro atoms. The van der Waals surface area contributed by atoms with Crippen LogP contribution in [0.1, 0.15) is 12.5 Å². The maximum atomic E-state index is 12.4. The number of benzene rings is 1. The fraction of sp³-hybridized carbons (Fsp3) is 0.333. The van der Waals surface area contributed by atoms with Crippen LogP contribution in [0.15, 0.2) is 24.4 Å². The highest BCUT2D eigenvalue weighted by molar-refractivity contribution is 6.31. The second-order valence-corrected chi connectivity index (χ2v) is 4.35. The van der Waals surface area contributed by atoms with Gasteiger partial charge in [-0.2, -0.15) is 13.2 Å². The first-order valence-electron chi connectivity index (χ1n) is 5.24. The quantitative estimate of drug-likeness (QED) is 0.754. The molecule has 2 rings (SSSR count). The molecule has 1 heterocycles. The summed E-state index contributed by atoms with van der Waals surface area (Å²) < 4.78 is 38.5. The SMILES string of the molecule is CCc1cn(CC(F)(F)F)c2cc(Cl)ccc12. The Morgan fingerprint density at radius 2 is 2.00 bits per heavy atom. The van der Waals surface area contributed by atoms with Gasteiger partial charge in [0.25, 0.3) is 0 Å². The molecular weight excluding hydrogens is 251 g/mol. The van der Waals surface area contributed by atoms with Gasteiger partial charge in [-0.05, 0) is 24.1 Å². The third-order valence-corrected chi connectivity index (χ3v) is 2.89. The van der Waals surface area contributed by atoms with Crippen molar-refractivity contribution in [1.82, 2.24) is 4.57 Å². The van der Waals surface area contributed by atoms with Gasteiger partial charge in [0.2, 0.25) is 0 Å². The van der Waals surface area contributed by atoms with E-state index in [9.17, 15) is 13.2 Å². The molecule has 0 amide bonds. The van der Waals surface area contributed by atoms with Crippen LogP contribution in [0.4, 0.5) is 13.2 Å². The number of nitrogens with zero attached hydrogens (tertiary/aromatic N) is 1. The van der Waals surface area contributed by atoms with Crippen LogP contribution < -0.4 is 0 Å². The topological polar surface area (TPSA) is 4.93 Å². The van der Waals surface area contributed by atoms with Gasteiger partial charge in [0.15, 0.2) is 0 Å². The number of hydrogen-bond donors (Lipinski definition) is 0. The maximum Gasteiger partial charge on any atom is 0.406 e. The van der Waals surface area contributed by atoms with Gasteiger partial charge in [0.05, 0.1) is 5.52 Å². The number of alkyl halides is 3. The molecule has 0 aliphatic heterocycles. The molecule has 0 bridgehead atoms. The molecule has 5 heteroatoms. The molecule has 1 aromatic heterocycles. The van der Waals surface area contributed by atoms with Crippen LogP contribution in [0.3, 0.4) is 0 Å². The molecule has 17 heavy (non-hydrogen) atoms. The number of halogens is 4. The molecule has 0 atom stereocenters. The van der Waals surface area contributed by atoms with Gasteiger partial charge < -0.3 is 4.57 Å². The van der Waals surface area contributed by atoms with Gasteiger partial charge in [-0.15, -0.1) is 0 Å². The van der Waals surface area contributed by atoms with E-state index < -0.39 is 12.7 Å². The molecule has 0 unspecified atom stereocenters. The zero-order valence-electron chi connectivity index (χ0n) is 9.18. The molecule has 0 saturated carbocycles. The molecule has 0 saturated heterocycles. The van der Waals surface area contributed by atoms with Crippen molar-refractivity contribution in [1.29, 1.82) is 0 Å². The van der Waals surface area contributed by atoms with E-state index in [1.807, 2.05) is 6.92 Å². The van der Waals surface area contributed by atoms with Crippen LogP contribution in [0, 0.1) is 0 Å². The molecule has 0 aliphatic rings. The maximum absolute atomic E-state index is 12.4. The molecule has 0 radical (unpaired) electrons. The minimum absolute atomic E-state index is 0.446. The van der Waals surface area contributed by atoms with Crippen molar-refractivity contribution in [3.63, 3.8) is 0 Å². The molecule has 1 aromatic carbocycles. The lowest BCUT2D eigenvalue weighted by Crippen LogP contribution is -2.16. The van der Waals surface area contributed by atoms with Crippen molar-refractivity contribution < 1.29 is 13.2 Å². The Morgan fingerprint density at radius 3 is 2.59 bits per heavy atom. The predicted molar refractivity (Wildman–Crippen MR) is 62.4 cm³/mol. The summed E-state index contributed by atoms with van der Waals surface area (Å²) in [7, 11) is 0. The third-order valence-electron chi connectivity index (χ3n) is 2.66. The van der Waals surface area contributed by atoms with E-state index in [4.69, 9.17) is 11.6 Å². The van der Waals surface area contributed by atoms with Crippen LogP contribution in [-0.4, -0.2) is 10.7 Å². The normalized spacial score (nSPS) is 12.3. The average molecular weight is 262 g/mol. The van der Waals surface area contributed by atoms with Gasteiger partial charge in [-0.1, -0.05) is 24.6 Å². The summed E-state index contributed by atoms with van der Waals surface area (Å²) >= 11 is 5.82. The van der Waals surface area contributed by atoms with Crippen LogP contribution in [0.5, 0.6) is 0 Å². The molecule has 1 nitrogen and oxygen atoms in total. The predicted octanol–water partition coefficient (Wildman–Crippen LogP) is 4.42. The summed E-state index contributed by atoms with van der Waals surface area (Å²) in [5, 5.41) is 1.28. The first kappa shape index (κ1) is 12.3. The van der Waals surface area contributed by atoms with E-state index in [0.717, 1.165) is 10.9 Å². The fourth-order valence-electron chi connectivity index (χ4n) is 1.95. The van der Waals surface area contributed by atoms with Crippen molar-refractivity contribution in [3.05, 3.63) is 35.0 Å². The largest absolute Gasteiger partial charge is 0.406 e. The van der Waals surface area contributed by atoms with Gasteiger partial charge in [-0.3, -0.25) is 0 Å². The number of fused-ring (bicyclic) bond motifs is 1. The Morgan fingerprint density at radius 1 is 1.29 bits per heavy atom. The van der Waals surface area contributed by atoms with E-state index in [0.29, 0.717) is 17.0 Å². The zero-order chi connectivity index (χ0) is 12.6. The van der Waals surface area contributed by atoms with E-state index in [1.165, 1.54) is 4.57 Å². The van der Waals surface area contributed by atoms with E-state index >= 15 is 0 Å². The molecule has 0 fully saturated rings. The van der Waals surface area contributed by atoms with E-state index in [-0.39, 0.29) is 0 Å². The summed E-state index contributed by atoms with van der Waals surface area (Å²) in [6, 6.07) is 5.03. The van der Waals surface area contributed by atoms with Crippen molar-refractivity contribution in [2.45, 2.75) is 26.1 Å². The Labute approximate surface area is 102 Å². The van der Waals surface area contributed by atoms with E-state index in [2.05, 4.69) is 0 Å². The summed E-state index contributed by atoms with van der Waals surface area (Å²) in [6.45, 7) is 0.936. The lowest BCUT2D eigenvalue weighted by atomic mass is 10.1. The summed E-state index contributed by atoms with van der Waals surface area (Å²) in [5.41, 5.74) is 1.44. The van der Waals surface area contributed by atoms with Crippen LogP contribution in [0.2, 0.25) is 5.02 Å². The zero-order valence-corrected chi connectivity index (χ0v) is 9.94. The first-order valence-corrected chi connectivity index (χ1v) is 5.62. The molecule has 0 aliphatic carbocycles. The Kier molecular flexibility index (Phi) is 3.08. The smallest absolute Gasteiger partial charge is 0.338 e. The van der Waals surface area contributed by atoms with Crippen molar-refractivity contribution in [2.75, 3.05) is 0 Å². The monoisotopic (exact) mass is 261 g/mol. The van der Waals surface area contributed by atoms with Crippen molar-refractivity contribution >= 4 is 22.5 Å². The van der Waals surface area contributed by atoms with Crippen LogP contribution in [0.25, 0.3) is 10.9 Å². The molecule has 0 N–H and O–H groups in total. The lowest BCUT2D eigenvalue weighted by Gasteiger charge is -2.08. The minimum Gasteiger partial charge on any atom is -0.338 e. The molecular formula is C12H11ClF3N. The summed E-state index contributed by atoms with van der Waals surface area (Å²) in [5.74, 6) is 0. The highest BCUT2D eigenvalue weighted by Gasteiger charge is 2.28. The number of rotatable bonds is 2.